The SMILES string of the molecule is CCCn1c2c(c(NNC(=O)c3ccc(OC)cc3)nc1=O)C(C)C(C(=O)OCC)=C(C)N2. The van der Waals surface area contributed by atoms with Crippen LogP contribution in [-0.4, -0.2) is 35.1 Å². The molecule has 1 aliphatic rings. The molecule has 1 atom stereocenters. The lowest BCUT2D eigenvalue weighted by atomic mass is 9.89. The smallest absolute Gasteiger partial charge is 0.351 e. The summed E-state index contributed by atoms with van der Waals surface area (Å²) in [5.41, 5.74) is 6.92. The Balaban J connectivity index is 1.97. The van der Waals surface area contributed by atoms with Crippen LogP contribution in [0.1, 0.15) is 56.0 Å². The van der Waals surface area contributed by atoms with Crippen molar-refractivity contribution in [3.63, 3.8) is 0 Å². The second kappa shape index (κ2) is 10.2. The fraction of sp³-hybridized carbons (Fsp3) is 0.391. The number of carbonyl (C=O) groups is 2. The van der Waals surface area contributed by atoms with E-state index in [0.717, 1.165) is 6.42 Å². The maximum absolute atomic E-state index is 12.8. The lowest BCUT2D eigenvalue weighted by Crippen LogP contribution is -2.36. The average molecular weight is 456 g/mol. The number of methoxy groups -OCH3 is 1. The molecule has 10 nitrogen and oxygen atoms in total. The number of hydrogen-bond donors (Lipinski definition) is 3. The van der Waals surface area contributed by atoms with Gasteiger partial charge in [-0.15, -0.1) is 0 Å². The molecule has 1 unspecified atom stereocenters. The van der Waals surface area contributed by atoms with Gasteiger partial charge in [0.2, 0.25) is 0 Å². The maximum atomic E-state index is 12.8. The van der Waals surface area contributed by atoms with Crippen molar-refractivity contribution in [1.29, 1.82) is 0 Å². The van der Waals surface area contributed by atoms with Crippen molar-refractivity contribution in [2.24, 2.45) is 0 Å². The van der Waals surface area contributed by atoms with Crippen LogP contribution in [0.4, 0.5) is 11.6 Å². The van der Waals surface area contributed by atoms with Crippen LogP contribution in [0.2, 0.25) is 0 Å². The van der Waals surface area contributed by atoms with Crippen LogP contribution in [-0.2, 0) is 16.1 Å². The van der Waals surface area contributed by atoms with Gasteiger partial charge in [-0.25, -0.2) is 9.59 Å². The first-order valence-electron chi connectivity index (χ1n) is 10.8. The number of ether oxygens (including phenoxy) is 2. The summed E-state index contributed by atoms with van der Waals surface area (Å²) < 4.78 is 11.9. The minimum Gasteiger partial charge on any atom is -0.497 e. The van der Waals surface area contributed by atoms with Crippen molar-refractivity contribution in [3.05, 3.63) is 57.1 Å². The van der Waals surface area contributed by atoms with E-state index >= 15 is 0 Å². The number of nitrogens with zero attached hydrogens (tertiary/aromatic N) is 2. The number of rotatable bonds is 8. The average Bonchev–Trinajstić information content (AvgIpc) is 2.79. The molecular formula is C23H29N5O5. The molecule has 1 amide bonds. The number of carbonyl (C=O) groups excluding carboxylic acids is 2. The van der Waals surface area contributed by atoms with Gasteiger partial charge in [-0.2, -0.15) is 4.98 Å². The van der Waals surface area contributed by atoms with Gasteiger partial charge < -0.3 is 14.8 Å². The molecule has 33 heavy (non-hydrogen) atoms. The standard InChI is InChI=1S/C23H29N5O5/c1-6-12-28-20-18(13(3)17(14(4)24-20)22(30)33-7-2)19(25-23(28)31)26-27-21(29)15-8-10-16(32-5)11-9-15/h8-11,13,24H,6-7,12H2,1-5H3,(H,27,29)(H,25,26,31). The van der Waals surface area contributed by atoms with E-state index in [1.54, 1.807) is 45.2 Å². The van der Waals surface area contributed by atoms with Crippen molar-refractivity contribution >= 4 is 23.5 Å². The summed E-state index contributed by atoms with van der Waals surface area (Å²) in [5.74, 6) is 0.0386. The molecule has 0 spiro atoms. The number of esters is 1. The molecule has 0 radical (unpaired) electrons. The molecule has 1 aromatic heterocycles. The monoisotopic (exact) mass is 455 g/mol. The highest BCUT2D eigenvalue weighted by Crippen LogP contribution is 2.40. The number of amides is 1. The number of allylic oxidation sites excluding steroid dienone is 1. The number of nitrogens with one attached hydrogen (secondary N) is 3. The predicted molar refractivity (Wildman–Crippen MR) is 124 cm³/mol. The van der Waals surface area contributed by atoms with E-state index in [9.17, 15) is 14.4 Å². The molecule has 1 aromatic carbocycles. The highest BCUT2D eigenvalue weighted by Gasteiger charge is 2.33. The van der Waals surface area contributed by atoms with E-state index in [4.69, 9.17) is 9.47 Å². The van der Waals surface area contributed by atoms with E-state index in [2.05, 4.69) is 21.2 Å². The summed E-state index contributed by atoms with van der Waals surface area (Å²) >= 11 is 0. The lowest BCUT2D eigenvalue weighted by molar-refractivity contribution is -0.138. The molecule has 10 heteroatoms. The first kappa shape index (κ1) is 23.8. The number of anilines is 2. The van der Waals surface area contributed by atoms with Gasteiger partial charge in [0.1, 0.15) is 11.6 Å². The molecule has 0 fully saturated rings. The zero-order valence-corrected chi connectivity index (χ0v) is 19.4. The van der Waals surface area contributed by atoms with Crippen LogP contribution in [0.15, 0.2) is 40.3 Å². The third-order valence-corrected chi connectivity index (χ3v) is 5.38. The maximum Gasteiger partial charge on any atom is 0.351 e. The Morgan fingerprint density at radius 3 is 2.52 bits per heavy atom. The highest BCUT2D eigenvalue weighted by atomic mass is 16.5. The summed E-state index contributed by atoms with van der Waals surface area (Å²) in [6.45, 7) is 8.00. The highest BCUT2D eigenvalue weighted by molar-refractivity contribution is 5.96. The van der Waals surface area contributed by atoms with Crippen molar-refractivity contribution in [1.82, 2.24) is 15.0 Å². The van der Waals surface area contributed by atoms with Crippen LogP contribution in [0.25, 0.3) is 0 Å². The van der Waals surface area contributed by atoms with Crippen LogP contribution < -0.4 is 26.6 Å². The van der Waals surface area contributed by atoms with Crippen LogP contribution in [0.3, 0.4) is 0 Å². The van der Waals surface area contributed by atoms with E-state index in [1.807, 2.05) is 13.8 Å². The molecule has 0 aliphatic carbocycles. The van der Waals surface area contributed by atoms with Gasteiger partial charge in [0.25, 0.3) is 5.91 Å². The predicted octanol–water partition coefficient (Wildman–Crippen LogP) is 2.78. The number of benzene rings is 1. The quantitative estimate of drug-likeness (QED) is 0.410. The molecule has 176 valence electrons. The van der Waals surface area contributed by atoms with Gasteiger partial charge in [-0.3, -0.25) is 20.2 Å². The fourth-order valence-electron chi connectivity index (χ4n) is 3.82. The van der Waals surface area contributed by atoms with Crippen molar-refractivity contribution in [3.8, 4) is 5.75 Å². The van der Waals surface area contributed by atoms with E-state index in [-0.39, 0.29) is 12.4 Å². The molecule has 3 rings (SSSR count). The van der Waals surface area contributed by atoms with Gasteiger partial charge >= 0.3 is 11.7 Å². The first-order valence-corrected chi connectivity index (χ1v) is 10.8. The summed E-state index contributed by atoms with van der Waals surface area (Å²) in [4.78, 5) is 42.1. The molecule has 1 aliphatic heterocycles. The Hall–Kier alpha value is -3.82. The number of hydrazine groups is 1. The Labute approximate surface area is 192 Å². The normalized spacial score (nSPS) is 14.8. The Bertz CT molecular complexity index is 1140. The third-order valence-electron chi connectivity index (χ3n) is 5.38. The van der Waals surface area contributed by atoms with Crippen molar-refractivity contribution < 1.29 is 19.1 Å². The fourth-order valence-corrected chi connectivity index (χ4v) is 3.82. The van der Waals surface area contributed by atoms with Crippen LogP contribution in [0, 0.1) is 0 Å². The summed E-state index contributed by atoms with van der Waals surface area (Å²) in [6, 6.07) is 6.58. The van der Waals surface area contributed by atoms with E-state index in [1.165, 1.54) is 4.57 Å². The minimum absolute atomic E-state index is 0.165. The zero-order valence-electron chi connectivity index (χ0n) is 19.4. The molecular weight excluding hydrogens is 426 g/mol. The Morgan fingerprint density at radius 2 is 1.91 bits per heavy atom. The molecule has 0 bridgehead atoms. The molecule has 3 N–H and O–H groups in total. The second-order valence-electron chi connectivity index (χ2n) is 7.57. The van der Waals surface area contributed by atoms with Crippen molar-refractivity contribution in [2.45, 2.75) is 46.6 Å². The largest absolute Gasteiger partial charge is 0.497 e. The topological polar surface area (TPSA) is 124 Å². The molecule has 0 saturated heterocycles. The number of aromatic nitrogens is 2. The molecule has 2 heterocycles. The van der Waals surface area contributed by atoms with Gasteiger partial charge in [0.15, 0.2) is 5.82 Å². The third kappa shape index (κ3) is 4.84. The van der Waals surface area contributed by atoms with E-state index < -0.39 is 23.5 Å². The Kier molecular flexibility index (Phi) is 7.37. The van der Waals surface area contributed by atoms with Gasteiger partial charge in [-0.1, -0.05) is 13.8 Å². The summed E-state index contributed by atoms with van der Waals surface area (Å²) in [6.07, 6.45) is 0.721. The lowest BCUT2D eigenvalue weighted by Gasteiger charge is -2.30. The number of hydrogen-bond acceptors (Lipinski definition) is 8. The van der Waals surface area contributed by atoms with E-state index in [0.29, 0.717) is 40.5 Å². The first-order chi connectivity index (χ1) is 15.8. The van der Waals surface area contributed by atoms with Gasteiger partial charge in [-0.05, 0) is 44.5 Å². The molecule has 0 saturated carbocycles. The van der Waals surface area contributed by atoms with Crippen LogP contribution in [0.5, 0.6) is 5.75 Å². The molecule has 2 aromatic rings. The summed E-state index contributed by atoms with van der Waals surface area (Å²) in [5, 5.41) is 3.18. The zero-order chi connectivity index (χ0) is 24.1. The van der Waals surface area contributed by atoms with Gasteiger partial charge in [0, 0.05) is 29.3 Å². The minimum atomic E-state index is -0.469. The van der Waals surface area contributed by atoms with Crippen molar-refractivity contribution in [2.75, 3.05) is 24.5 Å². The number of fused-ring (bicyclic) bond motifs is 1. The summed E-state index contributed by atoms with van der Waals surface area (Å²) in [7, 11) is 1.54. The Morgan fingerprint density at radius 1 is 1.21 bits per heavy atom. The van der Waals surface area contributed by atoms with Gasteiger partial charge in [0.05, 0.1) is 19.3 Å². The second-order valence-corrected chi connectivity index (χ2v) is 7.57. The van der Waals surface area contributed by atoms with Crippen LogP contribution >= 0.6 is 0 Å².